The van der Waals surface area contributed by atoms with Gasteiger partial charge in [0.15, 0.2) is 0 Å². The lowest BCUT2D eigenvalue weighted by molar-refractivity contribution is -0.0450. The molecule has 1 aromatic rings. The molecule has 0 unspecified atom stereocenters. The third kappa shape index (κ3) is 3.46. The van der Waals surface area contributed by atoms with Crippen LogP contribution in [-0.2, 0) is 10.7 Å². The number of alkyl halides is 2. The van der Waals surface area contributed by atoms with E-state index in [4.69, 9.17) is 4.74 Å². The van der Waals surface area contributed by atoms with Gasteiger partial charge in [-0.1, -0.05) is 30.3 Å². The fourth-order valence-electron chi connectivity index (χ4n) is 1.72. The molecule has 0 spiro atoms. The summed E-state index contributed by atoms with van der Waals surface area (Å²) in [5.41, 5.74) is 2.81. The molecule has 1 aliphatic rings. The van der Waals surface area contributed by atoms with Gasteiger partial charge in [-0.15, -0.1) is 0 Å². The summed E-state index contributed by atoms with van der Waals surface area (Å²) in [7, 11) is 0. The predicted octanol–water partition coefficient (Wildman–Crippen LogP) is 1.62. The number of hydrogen-bond donors (Lipinski definition) is 1. The van der Waals surface area contributed by atoms with Crippen molar-refractivity contribution >= 4 is 0 Å². The lowest BCUT2D eigenvalue weighted by atomic mass is 10.1. The Kier molecular flexibility index (Phi) is 4.04. The maximum atomic E-state index is 13.8. The Hall–Kier alpha value is -1.04. The van der Waals surface area contributed by atoms with Gasteiger partial charge >= 0.3 is 0 Å². The zero-order chi connectivity index (χ0) is 12.1. The summed E-state index contributed by atoms with van der Waals surface area (Å²) < 4.78 is 32.7. The highest BCUT2D eigenvalue weighted by atomic mass is 19.3. The maximum absolute atomic E-state index is 13.8. The van der Waals surface area contributed by atoms with Crippen molar-refractivity contribution in [3.63, 3.8) is 0 Å². The topological polar surface area (TPSA) is 24.5 Å². The molecule has 2 rings (SSSR count). The molecular weight excluding hydrogens is 226 g/mol. The van der Waals surface area contributed by atoms with E-state index < -0.39 is 5.92 Å². The molecule has 1 fully saturated rings. The number of hydrazine groups is 1. The zero-order valence-electron chi connectivity index (χ0n) is 9.53. The van der Waals surface area contributed by atoms with Gasteiger partial charge in [-0.25, -0.2) is 10.4 Å². The van der Waals surface area contributed by atoms with Gasteiger partial charge in [-0.2, -0.15) is 8.78 Å². The van der Waals surface area contributed by atoms with Crippen molar-refractivity contribution in [2.45, 2.75) is 5.92 Å². The largest absolute Gasteiger partial charge is 0.379 e. The van der Waals surface area contributed by atoms with Crippen LogP contribution >= 0.6 is 0 Å². The van der Waals surface area contributed by atoms with Gasteiger partial charge in [0.1, 0.15) is 0 Å². The Morgan fingerprint density at radius 3 is 2.47 bits per heavy atom. The summed E-state index contributed by atoms with van der Waals surface area (Å²) in [5, 5.41) is 1.78. The van der Waals surface area contributed by atoms with E-state index in [9.17, 15) is 8.78 Å². The molecule has 94 valence electrons. The van der Waals surface area contributed by atoms with Gasteiger partial charge < -0.3 is 4.74 Å². The number of rotatable bonds is 4. The molecular formula is C12H16F2N2O. The fraction of sp³-hybridized carbons (Fsp3) is 0.500. The quantitative estimate of drug-likeness (QED) is 0.868. The summed E-state index contributed by atoms with van der Waals surface area (Å²) >= 11 is 0. The summed E-state index contributed by atoms with van der Waals surface area (Å²) in [6, 6.07) is 7.87. The normalized spacial score (nSPS) is 18.2. The second-order valence-electron chi connectivity index (χ2n) is 4.00. The Balaban J connectivity index is 1.88. The van der Waals surface area contributed by atoms with Crippen LogP contribution in [0.1, 0.15) is 5.56 Å². The standard InChI is InChI=1S/C12H16F2N2O/c13-12(14,11-4-2-1-3-5-11)10-15-16-6-8-17-9-7-16/h1-5,15H,6-10H2. The van der Waals surface area contributed by atoms with Gasteiger partial charge in [0.05, 0.1) is 19.8 Å². The Morgan fingerprint density at radius 1 is 1.18 bits per heavy atom. The molecule has 1 aromatic carbocycles. The predicted molar refractivity (Wildman–Crippen MR) is 60.7 cm³/mol. The molecule has 5 heteroatoms. The molecule has 1 N–H and O–H groups in total. The number of nitrogens with zero attached hydrogens (tertiary/aromatic N) is 1. The smallest absolute Gasteiger partial charge is 0.286 e. The van der Waals surface area contributed by atoms with Crippen molar-refractivity contribution in [2.75, 3.05) is 32.8 Å². The van der Waals surface area contributed by atoms with Crippen LogP contribution in [0.2, 0.25) is 0 Å². The summed E-state index contributed by atoms with van der Waals surface area (Å²) in [6.45, 7) is 2.08. The van der Waals surface area contributed by atoms with E-state index in [-0.39, 0.29) is 12.1 Å². The summed E-state index contributed by atoms with van der Waals surface area (Å²) in [4.78, 5) is 0. The molecule has 0 radical (unpaired) electrons. The number of morpholine rings is 1. The minimum Gasteiger partial charge on any atom is -0.379 e. The van der Waals surface area contributed by atoms with Crippen molar-refractivity contribution in [1.29, 1.82) is 0 Å². The van der Waals surface area contributed by atoms with Crippen LogP contribution in [0.3, 0.4) is 0 Å². The van der Waals surface area contributed by atoms with Crippen LogP contribution < -0.4 is 5.43 Å². The summed E-state index contributed by atoms with van der Waals surface area (Å²) in [5.74, 6) is -2.85. The first-order valence-corrected chi connectivity index (χ1v) is 5.68. The van der Waals surface area contributed by atoms with Gasteiger partial charge in [-0.05, 0) is 0 Å². The third-order valence-electron chi connectivity index (χ3n) is 2.73. The molecule has 0 bridgehead atoms. The molecule has 1 saturated heterocycles. The maximum Gasteiger partial charge on any atom is 0.286 e. The second kappa shape index (κ2) is 5.53. The zero-order valence-corrected chi connectivity index (χ0v) is 9.53. The summed E-state index contributed by atoms with van der Waals surface area (Å²) in [6.07, 6.45) is 0. The van der Waals surface area contributed by atoms with Crippen LogP contribution in [0.4, 0.5) is 8.78 Å². The second-order valence-corrected chi connectivity index (χ2v) is 4.00. The molecule has 0 saturated carbocycles. The van der Waals surface area contributed by atoms with E-state index in [0.717, 1.165) is 0 Å². The van der Waals surface area contributed by atoms with Gasteiger partial charge in [0.2, 0.25) is 0 Å². The first kappa shape index (κ1) is 12.4. The van der Waals surface area contributed by atoms with Gasteiger partial charge in [0.25, 0.3) is 5.92 Å². The van der Waals surface area contributed by atoms with Crippen molar-refractivity contribution in [2.24, 2.45) is 0 Å². The van der Waals surface area contributed by atoms with E-state index in [1.54, 1.807) is 23.2 Å². The molecule has 0 aromatic heterocycles. The molecule has 0 atom stereocenters. The van der Waals surface area contributed by atoms with Crippen molar-refractivity contribution < 1.29 is 13.5 Å². The van der Waals surface area contributed by atoms with Crippen molar-refractivity contribution in [3.05, 3.63) is 35.9 Å². The van der Waals surface area contributed by atoms with Crippen LogP contribution in [0.25, 0.3) is 0 Å². The lowest BCUT2D eigenvalue weighted by Gasteiger charge is -2.29. The number of benzene rings is 1. The minimum atomic E-state index is -2.85. The van der Waals surface area contributed by atoms with Crippen LogP contribution in [0.15, 0.2) is 30.3 Å². The Labute approximate surface area is 99.3 Å². The molecule has 17 heavy (non-hydrogen) atoms. The first-order valence-electron chi connectivity index (χ1n) is 5.68. The van der Waals surface area contributed by atoms with Crippen molar-refractivity contribution in [3.8, 4) is 0 Å². The number of halogens is 2. The monoisotopic (exact) mass is 242 g/mol. The van der Waals surface area contributed by atoms with E-state index in [2.05, 4.69) is 5.43 Å². The fourth-order valence-corrected chi connectivity index (χ4v) is 1.72. The number of ether oxygens (including phenoxy) is 1. The average molecular weight is 242 g/mol. The molecule has 1 aliphatic heterocycles. The van der Waals surface area contributed by atoms with E-state index in [1.165, 1.54) is 12.1 Å². The average Bonchev–Trinajstić information content (AvgIpc) is 2.39. The van der Waals surface area contributed by atoms with E-state index >= 15 is 0 Å². The van der Waals surface area contributed by atoms with Gasteiger partial charge in [-0.3, -0.25) is 0 Å². The molecule has 1 heterocycles. The minimum absolute atomic E-state index is 0.0424. The van der Waals surface area contributed by atoms with Crippen LogP contribution in [0, 0.1) is 0 Å². The first-order chi connectivity index (χ1) is 8.18. The molecule has 0 aliphatic carbocycles. The number of nitrogens with one attached hydrogen (secondary N) is 1. The third-order valence-corrected chi connectivity index (χ3v) is 2.73. The van der Waals surface area contributed by atoms with Crippen molar-refractivity contribution in [1.82, 2.24) is 10.4 Å². The molecule has 0 amide bonds. The molecule has 3 nitrogen and oxygen atoms in total. The SMILES string of the molecule is FC(F)(CNN1CCOCC1)c1ccccc1. The van der Waals surface area contributed by atoms with Gasteiger partial charge in [0, 0.05) is 18.7 Å². The van der Waals surface area contributed by atoms with Crippen LogP contribution in [-0.4, -0.2) is 37.9 Å². The highest BCUT2D eigenvalue weighted by molar-refractivity contribution is 5.20. The number of hydrogen-bond acceptors (Lipinski definition) is 3. The Morgan fingerprint density at radius 2 is 1.82 bits per heavy atom. The van der Waals surface area contributed by atoms with E-state index in [1.807, 2.05) is 0 Å². The lowest BCUT2D eigenvalue weighted by Crippen LogP contribution is -2.49. The Bertz CT molecular complexity index is 340. The van der Waals surface area contributed by atoms with E-state index in [0.29, 0.717) is 26.3 Å². The highest BCUT2D eigenvalue weighted by Crippen LogP contribution is 2.26. The van der Waals surface area contributed by atoms with Crippen LogP contribution in [0.5, 0.6) is 0 Å². The highest BCUT2D eigenvalue weighted by Gasteiger charge is 2.31.